The number of hydrogen-bond donors (Lipinski definition) is 2. The summed E-state index contributed by atoms with van der Waals surface area (Å²) >= 11 is 0. The van der Waals surface area contributed by atoms with E-state index < -0.39 is 5.79 Å². The lowest BCUT2D eigenvalue weighted by molar-refractivity contribution is -0.143. The van der Waals surface area contributed by atoms with Gasteiger partial charge in [0.2, 0.25) is 0 Å². The van der Waals surface area contributed by atoms with Gasteiger partial charge in [-0.1, -0.05) is 0 Å². The monoisotopic (exact) mass is 226 g/mol. The van der Waals surface area contributed by atoms with Gasteiger partial charge in [0.15, 0.2) is 5.79 Å². The van der Waals surface area contributed by atoms with Crippen molar-refractivity contribution in [3.05, 3.63) is 24.2 Å². The molecule has 0 spiro atoms. The number of furan rings is 1. The maximum absolute atomic E-state index is 9.82. The van der Waals surface area contributed by atoms with Crippen LogP contribution in [0.5, 0.6) is 0 Å². The van der Waals surface area contributed by atoms with Crippen molar-refractivity contribution in [3.8, 4) is 0 Å². The highest BCUT2D eigenvalue weighted by molar-refractivity contribution is 5.00. The lowest BCUT2D eigenvalue weighted by Gasteiger charge is -2.10. The van der Waals surface area contributed by atoms with Crippen molar-refractivity contribution in [2.45, 2.75) is 31.5 Å². The van der Waals surface area contributed by atoms with E-state index in [9.17, 15) is 5.11 Å². The number of hydrogen-bond acceptors (Lipinski definition) is 4. The molecule has 0 saturated heterocycles. The third kappa shape index (κ3) is 2.84. The molecular weight excluding hydrogens is 208 g/mol. The van der Waals surface area contributed by atoms with Crippen molar-refractivity contribution in [1.29, 1.82) is 0 Å². The van der Waals surface area contributed by atoms with Crippen LogP contribution in [0.15, 0.2) is 22.8 Å². The second-order valence-electron chi connectivity index (χ2n) is 4.29. The molecule has 1 aliphatic rings. The first kappa shape index (κ1) is 11.6. The van der Waals surface area contributed by atoms with Crippen molar-refractivity contribution in [3.63, 3.8) is 0 Å². The molecule has 1 aromatic rings. The smallest absolute Gasteiger partial charge is 0.169 e. The molecule has 1 heterocycles. The van der Waals surface area contributed by atoms with Crippen LogP contribution in [0.3, 0.4) is 0 Å². The molecule has 4 heteroatoms. The van der Waals surface area contributed by atoms with E-state index in [1.807, 2.05) is 12.1 Å². The van der Waals surface area contributed by atoms with E-state index in [1.54, 1.807) is 6.26 Å². The largest absolute Gasteiger partial charge is 0.469 e. The Labute approximate surface area is 94.8 Å². The zero-order chi connectivity index (χ0) is 11.4. The van der Waals surface area contributed by atoms with Crippen molar-refractivity contribution in [2.75, 3.05) is 13.2 Å². The lowest BCUT2D eigenvalue weighted by Crippen LogP contribution is -2.18. The molecule has 0 radical (unpaired) electrons. The fourth-order valence-electron chi connectivity index (χ4n) is 2.00. The highest BCUT2D eigenvalue weighted by Crippen LogP contribution is 2.47. The Morgan fingerprint density at radius 2 is 2.44 bits per heavy atom. The first-order valence-electron chi connectivity index (χ1n) is 5.74. The summed E-state index contributed by atoms with van der Waals surface area (Å²) in [5.74, 6) is 0.237. The molecule has 2 rings (SSSR count). The van der Waals surface area contributed by atoms with Gasteiger partial charge in [-0.2, -0.15) is 0 Å². The Kier molecular flexibility index (Phi) is 3.63. The van der Waals surface area contributed by atoms with E-state index >= 15 is 0 Å². The van der Waals surface area contributed by atoms with Crippen LogP contribution < -0.4 is 0 Å². The van der Waals surface area contributed by atoms with Crippen LogP contribution in [0, 0.1) is 5.92 Å². The Morgan fingerprint density at radius 3 is 3.12 bits per heavy atom. The second-order valence-corrected chi connectivity index (χ2v) is 4.29. The maximum Gasteiger partial charge on any atom is 0.169 e. The molecule has 90 valence electrons. The van der Waals surface area contributed by atoms with Crippen LogP contribution in [0.2, 0.25) is 0 Å². The van der Waals surface area contributed by atoms with Gasteiger partial charge in [-0.25, -0.2) is 0 Å². The SMILES string of the molecule is OCCO[C@]1(O)CC1CCCc1ccco1. The van der Waals surface area contributed by atoms with Gasteiger partial charge in [0, 0.05) is 18.8 Å². The molecule has 0 bridgehead atoms. The minimum Gasteiger partial charge on any atom is -0.469 e. The number of rotatable bonds is 7. The summed E-state index contributed by atoms with van der Waals surface area (Å²) < 4.78 is 10.4. The predicted octanol–water partition coefficient (Wildman–Crippen LogP) is 1.32. The van der Waals surface area contributed by atoms with Gasteiger partial charge in [-0.05, 0) is 25.0 Å². The van der Waals surface area contributed by atoms with E-state index in [-0.39, 0.29) is 19.1 Å². The van der Waals surface area contributed by atoms with Gasteiger partial charge >= 0.3 is 0 Å². The van der Waals surface area contributed by atoms with E-state index in [1.165, 1.54) is 0 Å². The second kappa shape index (κ2) is 4.99. The van der Waals surface area contributed by atoms with Gasteiger partial charge in [-0.3, -0.25) is 0 Å². The third-order valence-electron chi connectivity index (χ3n) is 3.02. The zero-order valence-corrected chi connectivity index (χ0v) is 9.26. The molecule has 1 aromatic heterocycles. The van der Waals surface area contributed by atoms with E-state index in [4.69, 9.17) is 14.3 Å². The van der Waals surface area contributed by atoms with Crippen LogP contribution in [-0.4, -0.2) is 29.2 Å². The van der Waals surface area contributed by atoms with Crippen molar-refractivity contribution in [2.24, 2.45) is 5.92 Å². The van der Waals surface area contributed by atoms with Crippen LogP contribution >= 0.6 is 0 Å². The number of ether oxygens (including phenoxy) is 1. The topological polar surface area (TPSA) is 62.8 Å². The van der Waals surface area contributed by atoms with E-state index in [0.29, 0.717) is 6.42 Å². The molecule has 2 N–H and O–H groups in total. The molecule has 16 heavy (non-hydrogen) atoms. The van der Waals surface area contributed by atoms with Gasteiger partial charge in [-0.15, -0.1) is 0 Å². The average Bonchev–Trinajstić information content (AvgIpc) is 2.70. The summed E-state index contributed by atoms with van der Waals surface area (Å²) in [7, 11) is 0. The maximum atomic E-state index is 9.82. The normalized spacial score (nSPS) is 28.2. The highest BCUT2D eigenvalue weighted by atomic mass is 16.6. The minimum absolute atomic E-state index is 0.0403. The van der Waals surface area contributed by atoms with Crippen molar-refractivity contribution >= 4 is 0 Å². The minimum atomic E-state index is -0.966. The fraction of sp³-hybridized carbons (Fsp3) is 0.667. The first-order valence-corrected chi connectivity index (χ1v) is 5.74. The predicted molar refractivity (Wildman–Crippen MR) is 57.7 cm³/mol. The molecule has 0 amide bonds. The van der Waals surface area contributed by atoms with Gasteiger partial charge < -0.3 is 19.4 Å². The molecular formula is C12H18O4. The molecule has 0 aromatic carbocycles. The molecule has 1 fully saturated rings. The highest BCUT2D eigenvalue weighted by Gasteiger charge is 2.53. The van der Waals surface area contributed by atoms with Crippen LogP contribution in [-0.2, 0) is 11.2 Å². The summed E-state index contributed by atoms with van der Waals surface area (Å²) in [6, 6.07) is 3.84. The summed E-state index contributed by atoms with van der Waals surface area (Å²) in [6.45, 7) is 0.173. The summed E-state index contributed by atoms with van der Waals surface area (Å²) in [5, 5.41) is 18.4. The number of aliphatic hydroxyl groups is 2. The van der Waals surface area contributed by atoms with Gasteiger partial charge in [0.1, 0.15) is 5.76 Å². The van der Waals surface area contributed by atoms with E-state index in [0.717, 1.165) is 25.0 Å². The van der Waals surface area contributed by atoms with E-state index in [2.05, 4.69) is 0 Å². The third-order valence-corrected chi connectivity index (χ3v) is 3.02. The Bertz CT molecular complexity index is 309. The Morgan fingerprint density at radius 1 is 1.56 bits per heavy atom. The van der Waals surface area contributed by atoms with Crippen molar-refractivity contribution in [1.82, 2.24) is 0 Å². The molecule has 1 saturated carbocycles. The standard InChI is InChI=1S/C12H18O4/c13-6-8-16-12(14)9-10(12)3-1-4-11-5-2-7-15-11/h2,5,7,10,13-14H,1,3-4,6,8-9H2/t10?,12-/m1/s1. The summed E-state index contributed by atoms with van der Waals surface area (Å²) in [6.07, 6.45) is 5.18. The quantitative estimate of drug-likeness (QED) is 0.688. The van der Waals surface area contributed by atoms with Crippen LogP contribution in [0.4, 0.5) is 0 Å². The average molecular weight is 226 g/mol. The summed E-state index contributed by atoms with van der Waals surface area (Å²) in [5.41, 5.74) is 0. The first-order chi connectivity index (χ1) is 7.74. The van der Waals surface area contributed by atoms with Gasteiger partial charge in [0.05, 0.1) is 19.5 Å². The molecule has 1 aliphatic carbocycles. The molecule has 1 unspecified atom stereocenters. The lowest BCUT2D eigenvalue weighted by atomic mass is 10.1. The Hall–Kier alpha value is -0.840. The molecule has 0 aliphatic heterocycles. The Balaban J connectivity index is 1.62. The number of aliphatic hydroxyl groups excluding tert-OH is 1. The van der Waals surface area contributed by atoms with Gasteiger partial charge in [0.25, 0.3) is 0 Å². The van der Waals surface area contributed by atoms with Crippen LogP contribution in [0.25, 0.3) is 0 Å². The number of aryl methyl sites for hydroxylation is 1. The molecule has 2 atom stereocenters. The van der Waals surface area contributed by atoms with Crippen LogP contribution in [0.1, 0.15) is 25.0 Å². The summed E-state index contributed by atoms with van der Waals surface area (Å²) in [4.78, 5) is 0. The van der Waals surface area contributed by atoms with Crippen molar-refractivity contribution < 1.29 is 19.4 Å². The molecule has 4 nitrogen and oxygen atoms in total. The fourth-order valence-corrected chi connectivity index (χ4v) is 2.00. The zero-order valence-electron chi connectivity index (χ0n) is 9.26.